The van der Waals surface area contributed by atoms with Crippen molar-refractivity contribution in [2.75, 3.05) is 0 Å². The molecule has 1 heterocycles. The highest BCUT2D eigenvalue weighted by atomic mass is 16.3. The Kier molecular flexibility index (Phi) is 2.50. The zero-order valence-electron chi connectivity index (χ0n) is 10.1. The molecule has 0 unspecified atom stereocenters. The van der Waals surface area contributed by atoms with E-state index >= 15 is 0 Å². The van der Waals surface area contributed by atoms with Gasteiger partial charge in [-0.25, -0.2) is 4.98 Å². The molecule has 1 aromatic carbocycles. The van der Waals surface area contributed by atoms with Gasteiger partial charge in [-0.1, -0.05) is 13.0 Å². The molecule has 0 radical (unpaired) electrons. The zero-order chi connectivity index (χ0) is 11.8. The second-order valence-corrected chi connectivity index (χ2v) is 4.98. The third-order valence-electron chi connectivity index (χ3n) is 3.52. The Bertz CT molecular complexity index is 558. The molecule has 3 rings (SSSR count). The lowest BCUT2D eigenvalue weighted by Gasteiger charge is -2.06. The molecule has 1 saturated carbocycles. The summed E-state index contributed by atoms with van der Waals surface area (Å²) in [7, 11) is 0. The fraction of sp³-hybridized carbons (Fsp3) is 0.400. The van der Waals surface area contributed by atoms with E-state index in [1.807, 2.05) is 6.07 Å². The first-order chi connectivity index (χ1) is 8.26. The second kappa shape index (κ2) is 4.02. The maximum Gasteiger partial charge on any atom is 0.137 e. The molecule has 1 aliphatic carbocycles. The average Bonchev–Trinajstić information content (AvgIpc) is 3.13. The first kappa shape index (κ1) is 10.6. The normalized spacial score (nSPS) is 15.4. The maximum atomic E-state index is 9.99. The van der Waals surface area contributed by atoms with E-state index in [1.54, 1.807) is 0 Å². The largest absolute Gasteiger partial charge is 0.506 e. The van der Waals surface area contributed by atoms with Crippen molar-refractivity contribution in [3.05, 3.63) is 35.5 Å². The predicted molar refractivity (Wildman–Crippen MR) is 69.2 cm³/mol. The van der Waals surface area contributed by atoms with Gasteiger partial charge < -0.3 is 5.11 Å². The minimum atomic E-state index is 0.359. The second-order valence-electron chi connectivity index (χ2n) is 4.98. The molecule has 2 heteroatoms. The van der Waals surface area contributed by atoms with Crippen LogP contribution in [-0.4, -0.2) is 10.1 Å². The fourth-order valence-corrected chi connectivity index (χ4v) is 2.22. The van der Waals surface area contributed by atoms with Gasteiger partial charge >= 0.3 is 0 Å². The topological polar surface area (TPSA) is 33.1 Å². The first-order valence-corrected chi connectivity index (χ1v) is 6.38. The van der Waals surface area contributed by atoms with Crippen LogP contribution in [0.3, 0.4) is 0 Å². The number of hydrogen-bond donors (Lipinski definition) is 1. The Morgan fingerprint density at radius 2 is 2.12 bits per heavy atom. The average molecular weight is 227 g/mol. The minimum absolute atomic E-state index is 0.359. The van der Waals surface area contributed by atoms with E-state index in [0.717, 1.165) is 35.4 Å². The molecule has 0 saturated heterocycles. The molecule has 1 aliphatic rings. The Hall–Kier alpha value is -1.57. The quantitative estimate of drug-likeness (QED) is 0.871. The zero-order valence-corrected chi connectivity index (χ0v) is 10.1. The minimum Gasteiger partial charge on any atom is -0.506 e. The molecule has 1 N–H and O–H groups in total. The number of aromatic nitrogens is 1. The summed E-state index contributed by atoms with van der Waals surface area (Å²) >= 11 is 0. The van der Waals surface area contributed by atoms with Crippen molar-refractivity contribution in [2.45, 2.75) is 32.6 Å². The summed E-state index contributed by atoms with van der Waals surface area (Å²) in [6, 6.07) is 8.15. The molecular weight excluding hydrogens is 210 g/mol. The standard InChI is InChI=1S/C15H17NO/c1-2-10-5-6-13-12(7-10)9-15(17)14(16-13)8-11-3-4-11/h5-7,9,11,17H,2-4,8H2,1H3. The molecule has 0 aliphatic heterocycles. The number of rotatable bonds is 3. The van der Waals surface area contributed by atoms with E-state index in [9.17, 15) is 5.11 Å². The molecule has 2 aromatic rings. The van der Waals surface area contributed by atoms with Crippen LogP contribution in [0, 0.1) is 5.92 Å². The molecule has 1 aromatic heterocycles. The van der Waals surface area contributed by atoms with Gasteiger partial charge in [-0.15, -0.1) is 0 Å². The lowest BCUT2D eigenvalue weighted by molar-refractivity contribution is 0.463. The van der Waals surface area contributed by atoms with Crippen molar-refractivity contribution < 1.29 is 5.11 Å². The molecule has 1 fully saturated rings. The summed E-state index contributed by atoms with van der Waals surface area (Å²) in [5.41, 5.74) is 3.15. The Morgan fingerprint density at radius 3 is 2.82 bits per heavy atom. The summed E-state index contributed by atoms with van der Waals surface area (Å²) in [6.07, 6.45) is 4.51. The number of pyridine rings is 1. The lowest BCUT2D eigenvalue weighted by Crippen LogP contribution is -1.94. The molecule has 2 nitrogen and oxygen atoms in total. The molecule has 0 amide bonds. The van der Waals surface area contributed by atoms with Gasteiger partial charge in [-0.3, -0.25) is 0 Å². The van der Waals surface area contributed by atoms with Crippen LogP contribution in [0.5, 0.6) is 5.75 Å². The van der Waals surface area contributed by atoms with Crippen molar-refractivity contribution in [3.63, 3.8) is 0 Å². The van der Waals surface area contributed by atoms with Crippen molar-refractivity contribution in [1.29, 1.82) is 0 Å². The fourth-order valence-electron chi connectivity index (χ4n) is 2.22. The van der Waals surface area contributed by atoms with Crippen molar-refractivity contribution >= 4 is 10.9 Å². The number of benzene rings is 1. The molecule has 0 spiro atoms. The molecular formula is C15H17NO. The van der Waals surface area contributed by atoms with E-state index in [4.69, 9.17) is 0 Å². The molecule has 0 bridgehead atoms. The SMILES string of the molecule is CCc1ccc2nc(CC3CC3)c(O)cc2c1. The van der Waals surface area contributed by atoms with Crippen LogP contribution in [0.2, 0.25) is 0 Å². The van der Waals surface area contributed by atoms with Gasteiger partial charge in [-0.2, -0.15) is 0 Å². The summed E-state index contributed by atoms with van der Waals surface area (Å²) in [4.78, 5) is 4.58. The van der Waals surface area contributed by atoms with Crippen LogP contribution >= 0.6 is 0 Å². The van der Waals surface area contributed by atoms with Crippen LogP contribution in [0.1, 0.15) is 31.0 Å². The van der Waals surface area contributed by atoms with Gasteiger partial charge in [0.15, 0.2) is 0 Å². The highest BCUT2D eigenvalue weighted by Gasteiger charge is 2.23. The van der Waals surface area contributed by atoms with Gasteiger partial charge in [0, 0.05) is 5.39 Å². The Labute approximate surface area is 101 Å². The van der Waals surface area contributed by atoms with Gasteiger partial charge in [-0.05, 0) is 55.4 Å². The van der Waals surface area contributed by atoms with E-state index in [1.165, 1.54) is 18.4 Å². The van der Waals surface area contributed by atoms with E-state index in [0.29, 0.717) is 5.75 Å². The summed E-state index contributed by atoms with van der Waals surface area (Å²) in [5.74, 6) is 1.11. The van der Waals surface area contributed by atoms with Gasteiger partial charge in [0.2, 0.25) is 0 Å². The van der Waals surface area contributed by atoms with E-state index in [2.05, 4.69) is 30.1 Å². The third kappa shape index (κ3) is 2.12. The van der Waals surface area contributed by atoms with E-state index < -0.39 is 0 Å². The van der Waals surface area contributed by atoms with Gasteiger partial charge in [0.05, 0.1) is 11.2 Å². The van der Waals surface area contributed by atoms with Gasteiger partial charge in [0.1, 0.15) is 5.75 Å². The number of nitrogens with zero attached hydrogens (tertiary/aromatic N) is 1. The van der Waals surface area contributed by atoms with Crippen LogP contribution in [0.15, 0.2) is 24.3 Å². The number of hydrogen-bond acceptors (Lipinski definition) is 2. The molecule has 17 heavy (non-hydrogen) atoms. The Balaban J connectivity index is 2.05. The monoisotopic (exact) mass is 227 g/mol. The molecule has 88 valence electrons. The first-order valence-electron chi connectivity index (χ1n) is 6.38. The number of aryl methyl sites for hydroxylation is 1. The van der Waals surface area contributed by atoms with Crippen LogP contribution in [-0.2, 0) is 12.8 Å². The predicted octanol–water partition coefficient (Wildman–Crippen LogP) is 3.46. The van der Waals surface area contributed by atoms with Crippen LogP contribution < -0.4 is 0 Å². The summed E-state index contributed by atoms with van der Waals surface area (Å²) in [6.45, 7) is 2.13. The summed E-state index contributed by atoms with van der Waals surface area (Å²) in [5, 5.41) is 11.0. The van der Waals surface area contributed by atoms with Gasteiger partial charge in [0.25, 0.3) is 0 Å². The smallest absolute Gasteiger partial charge is 0.137 e. The Morgan fingerprint density at radius 1 is 1.29 bits per heavy atom. The van der Waals surface area contributed by atoms with Crippen molar-refractivity contribution in [2.24, 2.45) is 5.92 Å². The maximum absolute atomic E-state index is 9.99. The van der Waals surface area contributed by atoms with Crippen molar-refractivity contribution in [3.8, 4) is 5.75 Å². The van der Waals surface area contributed by atoms with E-state index in [-0.39, 0.29) is 0 Å². The van der Waals surface area contributed by atoms with Crippen LogP contribution in [0.4, 0.5) is 0 Å². The third-order valence-corrected chi connectivity index (χ3v) is 3.52. The van der Waals surface area contributed by atoms with Crippen molar-refractivity contribution in [1.82, 2.24) is 4.98 Å². The highest BCUT2D eigenvalue weighted by Crippen LogP contribution is 2.35. The number of aromatic hydroxyl groups is 1. The molecule has 0 atom stereocenters. The lowest BCUT2D eigenvalue weighted by atomic mass is 10.1. The van der Waals surface area contributed by atoms with Crippen LogP contribution in [0.25, 0.3) is 10.9 Å². The summed E-state index contributed by atoms with van der Waals surface area (Å²) < 4.78 is 0. The highest BCUT2D eigenvalue weighted by molar-refractivity contribution is 5.81. The number of fused-ring (bicyclic) bond motifs is 1.